The number of hydrogen-bond acceptors (Lipinski definition) is 6. The number of aliphatic hydroxyl groups excluding tert-OH is 2. The average molecular weight is 627 g/mol. The van der Waals surface area contributed by atoms with Crippen LogP contribution in [0.4, 0.5) is 0 Å². The first-order chi connectivity index (χ1) is 21.4. The summed E-state index contributed by atoms with van der Waals surface area (Å²) in [7, 11) is 5.61. The maximum absolute atomic E-state index is 13.8. The zero-order valence-electron chi connectivity index (χ0n) is 28.2. The van der Waals surface area contributed by atoms with Crippen LogP contribution in [0.5, 0.6) is 0 Å². The van der Waals surface area contributed by atoms with Gasteiger partial charge in [-0.3, -0.25) is 14.4 Å². The Hall–Kier alpha value is -2.93. The number of carbonyl (C=O) groups excluding carboxylic acids is 3. The maximum atomic E-state index is 13.8. The minimum absolute atomic E-state index is 0.00144. The normalized spacial score (nSPS) is 17.2. The topological polar surface area (TPSA) is 122 Å². The van der Waals surface area contributed by atoms with Crippen molar-refractivity contribution >= 4 is 17.7 Å². The van der Waals surface area contributed by atoms with Gasteiger partial charge in [0, 0.05) is 33.0 Å². The molecule has 1 aliphatic carbocycles. The van der Waals surface area contributed by atoms with Gasteiger partial charge in [-0.1, -0.05) is 76.3 Å². The van der Waals surface area contributed by atoms with Gasteiger partial charge in [-0.25, -0.2) is 0 Å². The van der Waals surface area contributed by atoms with Gasteiger partial charge in [-0.2, -0.15) is 0 Å². The molecule has 1 aromatic carbocycles. The molecule has 0 heterocycles. The molecular formula is C36H58N4O5. The van der Waals surface area contributed by atoms with Crippen molar-refractivity contribution in [2.45, 2.75) is 109 Å². The highest BCUT2D eigenvalue weighted by atomic mass is 16.3. The molecule has 9 heteroatoms. The fourth-order valence-electron chi connectivity index (χ4n) is 6.02. The smallest absolute Gasteiger partial charge is 0.242 e. The SMILES string of the molecule is C#CCC[C@H](NC(=O)[C@@H](CC(=O)N(C)CCN(C)C)Cc1ccccc1)C(=O)N[C@@H](CC1CCCCC1)[C@@H](O)[C@@H](O)CC(C)C. The molecule has 1 aromatic rings. The second-order valence-corrected chi connectivity index (χ2v) is 13.6. The van der Waals surface area contributed by atoms with Crippen molar-refractivity contribution in [2.75, 3.05) is 34.2 Å². The molecule has 0 radical (unpaired) electrons. The highest BCUT2D eigenvalue weighted by molar-refractivity contribution is 5.91. The Labute approximate surface area is 271 Å². The lowest BCUT2D eigenvalue weighted by atomic mass is 9.82. The molecule has 1 saturated carbocycles. The monoisotopic (exact) mass is 626 g/mol. The van der Waals surface area contributed by atoms with E-state index in [-0.39, 0.29) is 31.1 Å². The first-order valence-corrected chi connectivity index (χ1v) is 16.7. The lowest BCUT2D eigenvalue weighted by Crippen LogP contribution is -2.56. The van der Waals surface area contributed by atoms with Crippen LogP contribution in [0.1, 0.15) is 83.6 Å². The molecule has 252 valence electrons. The number of nitrogens with zero attached hydrogens (tertiary/aromatic N) is 2. The third-order valence-corrected chi connectivity index (χ3v) is 8.79. The molecule has 45 heavy (non-hydrogen) atoms. The lowest BCUT2D eigenvalue weighted by molar-refractivity contribution is -0.137. The summed E-state index contributed by atoms with van der Waals surface area (Å²) in [6, 6.07) is 7.91. The zero-order valence-corrected chi connectivity index (χ0v) is 28.2. The van der Waals surface area contributed by atoms with Crippen molar-refractivity contribution in [2.24, 2.45) is 17.8 Å². The van der Waals surface area contributed by atoms with E-state index in [1.54, 1.807) is 11.9 Å². The summed E-state index contributed by atoms with van der Waals surface area (Å²) in [5, 5.41) is 27.9. The second kappa shape index (κ2) is 20.2. The quantitative estimate of drug-likeness (QED) is 0.175. The highest BCUT2D eigenvalue weighted by Crippen LogP contribution is 2.29. The summed E-state index contributed by atoms with van der Waals surface area (Å²) in [5.74, 6) is 1.40. The molecule has 0 spiro atoms. The minimum Gasteiger partial charge on any atom is -0.390 e. The van der Waals surface area contributed by atoms with Crippen molar-refractivity contribution in [1.29, 1.82) is 0 Å². The second-order valence-electron chi connectivity index (χ2n) is 13.6. The number of carbonyl (C=O) groups is 3. The average Bonchev–Trinajstić information content (AvgIpc) is 3.01. The molecule has 9 nitrogen and oxygen atoms in total. The Kier molecular flexibility index (Phi) is 17.2. The molecule has 5 atom stereocenters. The van der Waals surface area contributed by atoms with Crippen molar-refractivity contribution in [3.05, 3.63) is 35.9 Å². The van der Waals surface area contributed by atoms with Gasteiger partial charge in [0.2, 0.25) is 17.7 Å². The van der Waals surface area contributed by atoms with E-state index in [4.69, 9.17) is 6.42 Å². The number of rotatable bonds is 19. The third-order valence-electron chi connectivity index (χ3n) is 8.79. The van der Waals surface area contributed by atoms with Crippen LogP contribution < -0.4 is 10.6 Å². The number of hydrogen-bond donors (Lipinski definition) is 4. The summed E-state index contributed by atoms with van der Waals surface area (Å²) >= 11 is 0. The molecule has 1 fully saturated rings. The van der Waals surface area contributed by atoms with Crippen LogP contribution in [0, 0.1) is 30.1 Å². The van der Waals surface area contributed by atoms with Crippen LogP contribution in [0.15, 0.2) is 30.3 Å². The number of benzene rings is 1. The van der Waals surface area contributed by atoms with E-state index in [0.29, 0.717) is 38.3 Å². The maximum Gasteiger partial charge on any atom is 0.242 e. The molecule has 1 aliphatic rings. The lowest BCUT2D eigenvalue weighted by Gasteiger charge is -2.34. The molecule has 0 bridgehead atoms. The van der Waals surface area contributed by atoms with Gasteiger partial charge < -0.3 is 30.6 Å². The van der Waals surface area contributed by atoms with Gasteiger partial charge in [0.1, 0.15) is 12.1 Å². The first kappa shape index (κ1) is 38.3. The Bertz CT molecular complexity index is 1070. The number of nitrogens with one attached hydrogen (secondary N) is 2. The summed E-state index contributed by atoms with van der Waals surface area (Å²) in [6.45, 7) is 5.19. The van der Waals surface area contributed by atoms with Gasteiger partial charge in [-0.15, -0.1) is 12.3 Å². The van der Waals surface area contributed by atoms with E-state index >= 15 is 0 Å². The van der Waals surface area contributed by atoms with Gasteiger partial charge >= 0.3 is 0 Å². The molecule has 3 amide bonds. The predicted octanol–water partition coefficient (Wildman–Crippen LogP) is 3.38. The Morgan fingerprint density at radius 2 is 1.64 bits per heavy atom. The zero-order chi connectivity index (χ0) is 33.4. The summed E-state index contributed by atoms with van der Waals surface area (Å²) in [5.41, 5.74) is 0.917. The van der Waals surface area contributed by atoms with E-state index < -0.39 is 42.0 Å². The number of terminal acetylenes is 1. The summed E-state index contributed by atoms with van der Waals surface area (Å²) in [6.07, 6.45) is 10.7. The molecule has 0 saturated heterocycles. The van der Waals surface area contributed by atoms with E-state index in [1.807, 2.05) is 63.2 Å². The first-order valence-electron chi connectivity index (χ1n) is 16.7. The van der Waals surface area contributed by atoms with E-state index in [1.165, 1.54) is 6.42 Å². The molecule has 0 unspecified atom stereocenters. The van der Waals surface area contributed by atoms with Crippen LogP contribution in [0.3, 0.4) is 0 Å². The van der Waals surface area contributed by atoms with Crippen molar-refractivity contribution in [1.82, 2.24) is 20.4 Å². The fraction of sp³-hybridized carbons (Fsp3) is 0.694. The van der Waals surface area contributed by atoms with Crippen LogP contribution in [-0.2, 0) is 20.8 Å². The van der Waals surface area contributed by atoms with Crippen LogP contribution >= 0.6 is 0 Å². The van der Waals surface area contributed by atoms with Gasteiger partial charge in [-0.05, 0) is 57.2 Å². The molecular weight excluding hydrogens is 568 g/mol. The Balaban J connectivity index is 2.24. The highest BCUT2D eigenvalue weighted by Gasteiger charge is 2.34. The van der Waals surface area contributed by atoms with Gasteiger partial charge in [0.25, 0.3) is 0 Å². The molecule has 2 rings (SSSR count). The Morgan fingerprint density at radius 1 is 0.978 bits per heavy atom. The summed E-state index contributed by atoms with van der Waals surface area (Å²) in [4.78, 5) is 44.4. The van der Waals surface area contributed by atoms with E-state index in [0.717, 1.165) is 31.2 Å². The van der Waals surface area contributed by atoms with Gasteiger partial charge in [0.05, 0.1) is 18.1 Å². The largest absolute Gasteiger partial charge is 0.390 e. The van der Waals surface area contributed by atoms with Crippen LogP contribution in [0.2, 0.25) is 0 Å². The number of likely N-dealkylation sites (N-methyl/N-ethyl adjacent to an activating group) is 2. The van der Waals surface area contributed by atoms with Gasteiger partial charge in [0.15, 0.2) is 0 Å². The van der Waals surface area contributed by atoms with Crippen molar-refractivity contribution in [3.8, 4) is 12.3 Å². The van der Waals surface area contributed by atoms with Crippen molar-refractivity contribution in [3.63, 3.8) is 0 Å². The van der Waals surface area contributed by atoms with Crippen LogP contribution in [0.25, 0.3) is 0 Å². The molecule has 0 aliphatic heterocycles. The third kappa shape index (κ3) is 14.4. The Morgan fingerprint density at radius 3 is 2.24 bits per heavy atom. The summed E-state index contributed by atoms with van der Waals surface area (Å²) < 4.78 is 0. The number of amides is 3. The molecule has 0 aromatic heterocycles. The minimum atomic E-state index is -1.14. The van der Waals surface area contributed by atoms with E-state index in [9.17, 15) is 24.6 Å². The molecule has 4 N–H and O–H groups in total. The predicted molar refractivity (Wildman–Crippen MR) is 179 cm³/mol. The number of aliphatic hydroxyl groups is 2. The van der Waals surface area contributed by atoms with Crippen LogP contribution in [-0.4, -0.2) is 96.3 Å². The van der Waals surface area contributed by atoms with Crippen molar-refractivity contribution < 1.29 is 24.6 Å². The standard InChI is InChI=1S/C36H58N4O5/c1-7-8-19-30(36(45)38-31(24-28-17-13-10-14-18-28)34(43)32(41)22-26(2)3)37-35(44)29(23-27-15-11-9-12-16-27)25-33(42)40(6)21-20-39(4)5/h1,9,11-12,15-16,26,28-32,34,41,43H,8,10,13-14,17-25H2,2-6H3,(H,37,44)(H,38,45)/t29-,30+,31+,32+,34-/m1/s1. The van der Waals surface area contributed by atoms with E-state index in [2.05, 4.69) is 16.6 Å². The fourth-order valence-corrected chi connectivity index (χ4v) is 6.02.